The fourth-order valence-electron chi connectivity index (χ4n) is 1.82. The van der Waals surface area contributed by atoms with E-state index in [4.69, 9.17) is 23.1 Å². The largest absolute Gasteiger partial charge is 0.361 e. The molecule has 1 aromatic carbocycles. The van der Waals surface area contributed by atoms with Gasteiger partial charge in [0.2, 0.25) is 0 Å². The molecule has 1 unspecified atom stereocenters. The van der Waals surface area contributed by atoms with Crippen LogP contribution >= 0.6 is 11.6 Å². The number of nitrogens with one attached hydrogen (secondary N) is 1. The molecular formula is C12H16ClN3. The van der Waals surface area contributed by atoms with Gasteiger partial charge < -0.3 is 16.5 Å². The van der Waals surface area contributed by atoms with E-state index >= 15 is 0 Å². The van der Waals surface area contributed by atoms with Crippen LogP contribution in [0.1, 0.15) is 12.0 Å². The minimum atomic E-state index is 0.0733. The van der Waals surface area contributed by atoms with Gasteiger partial charge in [0.25, 0.3) is 0 Å². The Morgan fingerprint density at radius 3 is 2.94 bits per heavy atom. The molecule has 16 heavy (non-hydrogen) atoms. The number of nitrogens with two attached hydrogens (primary N) is 2. The molecule has 0 amide bonds. The van der Waals surface area contributed by atoms with Gasteiger partial charge in [-0.2, -0.15) is 0 Å². The summed E-state index contributed by atoms with van der Waals surface area (Å²) in [4.78, 5) is 3.23. The summed E-state index contributed by atoms with van der Waals surface area (Å²) in [6, 6.07) is 5.93. The summed E-state index contributed by atoms with van der Waals surface area (Å²) in [5, 5.41) is 1.94. The van der Waals surface area contributed by atoms with E-state index in [-0.39, 0.29) is 6.04 Å². The van der Waals surface area contributed by atoms with Crippen molar-refractivity contribution in [2.24, 2.45) is 11.5 Å². The van der Waals surface area contributed by atoms with Crippen LogP contribution in [0, 0.1) is 0 Å². The van der Waals surface area contributed by atoms with Crippen molar-refractivity contribution in [3.05, 3.63) is 35.0 Å². The molecule has 0 saturated heterocycles. The van der Waals surface area contributed by atoms with Gasteiger partial charge in [-0.3, -0.25) is 0 Å². The van der Waals surface area contributed by atoms with Crippen molar-refractivity contribution >= 4 is 22.5 Å². The van der Waals surface area contributed by atoms with Gasteiger partial charge in [-0.05, 0) is 36.6 Å². The third-order valence-corrected chi connectivity index (χ3v) is 3.05. The van der Waals surface area contributed by atoms with E-state index in [9.17, 15) is 0 Å². The number of fused-ring (bicyclic) bond motifs is 1. The number of aryl methyl sites for hydroxylation is 1. The molecule has 0 bridgehead atoms. The topological polar surface area (TPSA) is 67.8 Å². The Labute approximate surface area is 99.8 Å². The van der Waals surface area contributed by atoms with Crippen LogP contribution < -0.4 is 11.5 Å². The zero-order valence-corrected chi connectivity index (χ0v) is 9.80. The predicted octanol–water partition coefficient (Wildman–Crippen LogP) is 2.04. The molecule has 4 heteroatoms. The van der Waals surface area contributed by atoms with Crippen LogP contribution in [0.2, 0.25) is 5.02 Å². The Kier molecular flexibility index (Phi) is 3.49. The minimum Gasteiger partial charge on any atom is -0.361 e. The Morgan fingerprint density at radius 1 is 1.38 bits per heavy atom. The Morgan fingerprint density at radius 2 is 2.19 bits per heavy atom. The normalized spacial score (nSPS) is 13.2. The molecule has 86 valence electrons. The first-order chi connectivity index (χ1) is 7.70. The lowest BCUT2D eigenvalue weighted by molar-refractivity contribution is 0.624. The second-order valence-corrected chi connectivity index (χ2v) is 4.47. The molecule has 0 aliphatic carbocycles. The molecule has 2 aromatic rings. The first-order valence-electron chi connectivity index (χ1n) is 5.42. The summed E-state index contributed by atoms with van der Waals surface area (Å²) in [6.45, 7) is 0.531. The zero-order chi connectivity index (χ0) is 11.5. The quantitative estimate of drug-likeness (QED) is 0.762. The summed E-state index contributed by atoms with van der Waals surface area (Å²) in [6.07, 6.45) is 3.85. The van der Waals surface area contributed by atoms with Crippen molar-refractivity contribution in [1.29, 1.82) is 0 Å². The van der Waals surface area contributed by atoms with Gasteiger partial charge >= 0.3 is 0 Å². The summed E-state index contributed by atoms with van der Waals surface area (Å²) in [7, 11) is 0. The van der Waals surface area contributed by atoms with Gasteiger partial charge in [0.15, 0.2) is 0 Å². The lowest BCUT2D eigenvalue weighted by Gasteiger charge is -2.07. The smallest absolute Gasteiger partial charge is 0.0457 e. The second kappa shape index (κ2) is 4.87. The van der Waals surface area contributed by atoms with Gasteiger partial charge in [-0.25, -0.2) is 0 Å². The highest BCUT2D eigenvalue weighted by atomic mass is 35.5. The molecule has 3 nitrogen and oxygen atoms in total. The maximum atomic E-state index is 5.98. The average Bonchev–Trinajstić information content (AvgIpc) is 2.68. The van der Waals surface area contributed by atoms with Crippen LogP contribution in [-0.2, 0) is 6.42 Å². The standard InChI is InChI=1S/C12H16ClN3/c13-9-2-4-12-11(5-9)8(7-16-12)1-3-10(15)6-14/h2,4-5,7,10,16H,1,3,6,14-15H2. The molecule has 5 N–H and O–H groups in total. The first-order valence-corrected chi connectivity index (χ1v) is 5.79. The van der Waals surface area contributed by atoms with E-state index in [0.29, 0.717) is 6.54 Å². The third kappa shape index (κ3) is 2.38. The SMILES string of the molecule is NCC(N)CCc1c[nH]c2ccc(Cl)cc12. The van der Waals surface area contributed by atoms with Gasteiger partial charge in [-0.1, -0.05) is 11.6 Å². The minimum absolute atomic E-state index is 0.0733. The zero-order valence-electron chi connectivity index (χ0n) is 9.04. The van der Waals surface area contributed by atoms with E-state index in [1.807, 2.05) is 24.4 Å². The lowest BCUT2D eigenvalue weighted by atomic mass is 10.1. The van der Waals surface area contributed by atoms with Crippen LogP contribution in [0.15, 0.2) is 24.4 Å². The monoisotopic (exact) mass is 237 g/mol. The van der Waals surface area contributed by atoms with E-state index in [1.165, 1.54) is 10.9 Å². The molecule has 0 radical (unpaired) electrons. The molecule has 0 aliphatic rings. The Balaban J connectivity index is 2.21. The summed E-state index contributed by atoms with van der Waals surface area (Å²) < 4.78 is 0. The van der Waals surface area contributed by atoms with Crippen LogP contribution in [0.5, 0.6) is 0 Å². The summed E-state index contributed by atoms with van der Waals surface area (Å²) >= 11 is 5.98. The Hall–Kier alpha value is -1.03. The van der Waals surface area contributed by atoms with Crippen molar-refractivity contribution in [2.45, 2.75) is 18.9 Å². The maximum absolute atomic E-state index is 5.98. The lowest BCUT2D eigenvalue weighted by Crippen LogP contribution is -2.29. The van der Waals surface area contributed by atoms with Crippen LogP contribution in [0.4, 0.5) is 0 Å². The molecule has 1 atom stereocenters. The van der Waals surface area contributed by atoms with E-state index in [2.05, 4.69) is 4.98 Å². The van der Waals surface area contributed by atoms with Crippen LogP contribution in [0.25, 0.3) is 10.9 Å². The van der Waals surface area contributed by atoms with Gasteiger partial charge in [0, 0.05) is 34.7 Å². The maximum Gasteiger partial charge on any atom is 0.0457 e. The third-order valence-electron chi connectivity index (χ3n) is 2.82. The fraction of sp³-hybridized carbons (Fsp3) is 0.333. The first kappa shape index (κ1) is 11.5. The number of benzene rings is 1. The van der Waals surface area contributed by atoms with Crippen molar-refractivity contribution < 1.29 is 0 Å². The number of halogens is 1. The number of aromatic nitrogens is 1. The molecule has 0 spiro atoms. The fourth-order valence-corrected chi connectivity index (χ4v) is 1.99. The summed E-state index contributed by atoms with van der Waals surface area (Å²) in [5.41, 5.74) is 13.7. The van der Waals surface area contributed by atoms with E-state index < -0.39 is 0 Å². The second-order valence-electron chi connectivity index (χ2n) is 4.04. The number of hydrogen-bond acceptors (Lipinski definition) is 2. The van der Waals surface area contributed by atoms with Crippen LogP contribution in [0.3, 0.4) is 0 Å². The number of H-pyrrole nitrogens is 1. The molecule has 1 heterocycles. The molecule has 0 aliphatic heterocycles. The van der Waals surface area contributed by atoms with Crippen molar-refractivity contribution in [3.8, 4) is 0 Å². The predicted molar refractivity (Wildman–Crippen MR) is 68.7 cm³/mol. The highest BCUT2D eigenvalue weighted by molar-refractivity contribution is 6.31. The molecule has 2 rings (SSSR count). The van der Waals surface area contributed by atoms with Gasteiger partial charge in [-0.15, -0.1) is 0 Å². The summed E-state index contributed by atoms with van der Waals surface area (Å²) in [5.74, 6) is 0. The van der Waals surface area contributed by atoms with Crippen LogP contribution in [-0.4, -0.2) is 17.6 Å². The highest BCUT2D eigenvalue weighted by Crippen LogP contribution is 2.23. The molecular weight excluding hydrogens is 222 g/mol. The Bertz CT molecular complexity index is 478. The van der Waals surface area contributed by atoms with E-state index in [0.717, 1.165) is 23.4 Å². The van der Waals surface area contributed by atoms with Crippen molar-refractivity contribution in [2.75, 3.05) is 6.54 Å². The molecule has 0 fully saturated rings. The number of rotatable bonds is 4. The van der Waals surface area contributed by atoms with E-state index in [1.54, 1.807) is 0 Å². The van der Waals surface area contributed by atoms with Crippen molar-refractivity contribution in [3.63, 3.8) is 0 Å². The number of hydrogen-bond donors (Lipinski definition) is 3. The molecule has 0 saturated carbocycles. The number of aromatic amines is 1. The van der Waals surface area contributed by atoms with Crippen molar-refractivity contribution in [1.82, 2.24) is 4.98 Å². The van der Waals surface area contributed by atoms with Gasteiger partial charge in [0.05, 0.1) is 0 Å². The van der Waals surface area contributed by atoms with Gasteiger partial charge in [0.1, 0.15) is 0 Å². The average molecular weight is 238 g/mol. The highest BCUT2D eigenvalue weighted by Gasteiger charge is 2.06. The molecule has 1 aromatic heterocycles.